The number of hydrogen-bond donors (Lipinski definition) is 1. The Bertz CT molecular complexity index is 1130. The van der Waals surface area contributed by atoms with E-state index in [4.69, 9.17) is 0 Å². The molecule has 0 aliphatic carbocycles. The Kier molecular flexibility index (Phi) is 10.1. The minimum atomic E-state index is -4.28. The van der Waals surface area contributed by atoms with E-state index >= 15 is 0 Å². The van der Waals surface area contributed by atoms with Crippen molar-refractivity contribution in [3.8, 4) is 0 Å². The summed E-state index contributed by atoms with van der Waals surface area (Å²) < 4.78 is 56.5. The van der Waals surface area contributed by atoms with E-state index < -0.39 is 46.2 Å². The lowest BCUT2D eigenvalue weighted by atomic mass is 10.1. The standard InChI is InChI=1S/C24H32F2N4O4S/c1-5-6-15-27-24(32)18(2)29(16-19-11-7-8-12-20(19)25)23(31)17-30(35(33,34)28(3)4)22-14-10-9-13-21(22)26/h7-14,18H,5-6,15-17H2,1-4H3,(H,27,32). The van der Waals surface area contributed by atoms with Crippen molar-refractivity contribution in [2.75, 3.05) is 31.5 Å². The number of carbonyl (C=O) groups excluding carboxylic acids is 2. The van der Waals surface area contributed by atoms with Crippen LogP contribution in [-0.4, -0.2) is 62.7 Å². The van der Waals surface area contributed by atoms with E-state index in [1.807, 2.05) is 6.92 Å². The third-order valence-corrected chi connectivity index (χ3v) is 7.24. The number of carbonyl (C=O) groups is 2. The second-order valence-corrected chi connectivity index (χ2v) is 10.2. The highest BCUT2D eigenvalue weighted by molar-refractivity contribution is 7.90. The Labute approximate surface area is 205 Å². The summed E-state index contributed by atoms with van der Waals surface area (Å²) in [6.07, 6.45) is 1.59. The molecule has 1 atom stereocenters. The molecule has 2 rings (SSSR count). The van der Waals surface area contributed by atoms with Crippen LogP contribution in [0, 0.1) is 11.6 Å². The fourth-order valence-electron chi connectivity index (χ4n) is 3.28. The molecule has 0 aliphatic heterocycles. The van der Waals surface area contributed by atoms with Gasteiger partial charge in [0.15, 0.2) is 0 Å². The first-order valence-corrected chi connectivity index (χ1v) is 12.7. The lowest BCUT2D eigenvalue weighted by molar-refractivity contribution is -0.139. The molecule has 1 unspecified atom stereocenters. The second-order valence-electron chi connectivity index (χ2n) is 8.18. The molecule has 1 N–H and O–H groups in total. The van der Waals surface area contributed by atoms with Crippen LogP contribution in [-0.2, 0) is 26.3 Å². The molecular formula is C24H32F2N4O4S. The first-order valence-electron chi connectivity index (χ1n) is 11.3. The van der Waals surface area contributed by atoms with E-state index in [1.165, 1.54) is 57.4 Å². The molecule has 2 aromatic carbocycles. The van der Waals surface area contributed by atoms with Crippen molar-refractivity contribution in [3.05, 3.63) is 65.7 Å². The molecule has 0 aliphatic rings. The van der Waals surface area contributed by atoms with Gasteiger partial charge in [-0.2, -0.15) is 12.7 Å². The van der Waals surface area contributed by atoms with Crippen molar-refractivity contribution in [1.29, 1.82) is 0 Å². The van der Waals surface area contributed by atoms with Crippen LogP contribution < -0.4 is 9.62 Å². The summed E-state index contributed by atoms with van der Waals surface area (Å²) in [6, 6.07) is 9.92. The maximum atomic E-state index is 14.6. The van der Waals surface area contributed by atoms with Crippen molar-refractivity contribution in [2.45, 2.75) is 39.3 Å². The zero-order chi connectivity index (χ0) is 26.2. The smallest absolute Gasteiger partial charge is 0.304 e. The molecule has 0 radical (unpaired) electrons. The zero-order valence-corrected chi connectivity index (χ0v) is 21.2. The zero-order valence-electron chi connectivity index (χ0n) is 20.4. The maximum absolute atomic E-state index is 14.6. The van der Waals surface area contributed by atoms with Gasteiger partial charge in [0.25, 0.3) is 0 Å². The molecule has 35 heavy (non-hydrogen) atoms. The average Bonchev–Trinajstić information content (AvgIpc) is 2.82. The van der Waals surface area contributed by atoms with E-state index in [9.17, 15) is 26.8 Å². The van der Waals surface area contributed by atoms with E-state index in [1.54, 1.807) is 6.07 Å². The average molecular weight is 511 g/mol. The molecule has 0 bridgehead atoms. The number of hydrogen-bond acceptors (Lipinski definition) is 4. The Morgan fingerprint density at radius 1 is 1.00 bits per heavy atom. The predicted octanol–water partition coefficient (Wildman–Crippen LogP) is 2.91. The third kappa shape index (κ3) is 7.22. The lowest BCUT2D eigenvalue weighted by Crippen LogP contribution is -2.52. The molecule has 0 saturated carbocycles. The fourth-order valence-corrected chi connectivity index (χ4v) is 4.35. The molecule has 2 amide bonds. The number of rotatable bonds is 12. The minimum Gasteiger partial charge on any atom is -0.354 e. The number of halogens is 2. The molecule has 0 saturated heterocycles. The van der Waals surface area contributed by atoms with Gasteiger partial charge in [0.2, 0.25) is 11.8 Å². The van der Waals surface area contributed by atoms with Gasteiger partial charge < -0.3 is 10.2 Å². The molecule has 8 nitrogen and oxygen atoms in total. The van der Waals surface area contributed by atoms with E-state index in [0.717, 1.165) is 28.1 Å². The van der Waals surface area contributed by atoms with Crippen molar-refractivity contribution >= 4 is 27.7 Å². The Balaban J connectivity index is 2.44. The lowest BCUT2D eigenvalue weighted by Gasteiger charge is -2.33. The van der Waals surface area contributed by atoms with Crippen LogP contribution in [0.4, 0.5) is 14.5 Å². The number of anilines is 1. The topological polar surface area (TPSA) is 90.0 Å². The normalized spacial score (nSPS) is 12.3. The van der Waals surface area contributed by atoms with Crippen molar-refractivity contribution in [2.24, 2.45) is 0 Å². The van der Waals surface area contributed by atoms with E-state index in [0.29, 0.717) is 10.8 Å². The molecular weight excluding hydrogens is 478 g/mol. The molecule has 11 heteroatoms. The quantitative estimate of drug-likeness (QED) is 0.445. The highest BCUT2D eigenvalue weighted by Gasteiger charge is 2.33. The first-order chi connectivity index (χ1) is 16.5. The summed E-state index contributed by atoms with van der Waals surface area (Å²) in [5.74, 6) is -2.66. The summed E-state index contributed by atoms with van der Waals surface area (Å²) in [5, 5.41) is 2.74. The first kappa shape index (κ1) is 28.2. The summed E-state index contributed by atoms with van der Waals surface area (Å²) >= 11 is 0. The van der Waals surface area contributed by atoms with Crippen molar-refractivity contribution < 1.29 is 26.8 Å². The minimum absolute atomic E-state index is 0.155. The van der Waals surface area contributed by atoms with Crippen LogP contribution in [0.3, 0.4) is 0 Å². The van der Waals surface area contributed by atoms with Gasteiger partial charge >= 0.3 is 10.2 Å². The highest BCUT2D eigenvalue weighted by atomic mass is 32.2. The van der Waals surface area contributed by atoms with Crippen LogP contribution in [0.15, 0.2) is 48.5 Å². The molecule has 0 fully saturated rings. The second kappa shape index (κ2) is 12.6. The molecule has 0 aromatic heterocycles. The Hall–Kier alpha value is -3.05. The molecule has 192 valence electrons. The van der Waals surface area contributed by atoms with Gasteiger partial charge in [-0.25, -0.2) is 13.1 Å². The summed E-state index contributed by atoms with van der Waals surface area (Å²) in [7, 11) is -1.77. The summed E-state index contributed by atoms with van der Waals surface area (Å²) in [4.78, 5) is 27.3. The number of para-hydroxylation sites is 1. The van der Waals surface area contributed by atoms with Gasteiger partial charge in [-0.3, -0.25) is 9.59 Å². The van der Waals surface area contributed by atoms with Crippen LogP contribution in [0.25, 0.3) is 0 Å². The van der Waals surface area contributed by atoms with Gasteiger partial charge in [-0.05, 0) is 31.5 Å². The van der Waals surface area contributed by atoms with Crippen LogP contribution >= 0.6 is 0 Å². The van der Waals surface area contributed by atoms with E-state index in [-0.39, 0.29) is 17.8 Å². The molecule has 2 aromatic rings. The number of nitrogens with zero attached hydrogens (tertiary/aromatic N) is 3. The Morgan fingerprint density at radius 3 is 2.17 bits per heavy atom. The summed E-state index contributed by atoms with van der Waals surface area (Å²) in [5.41, 5.74) is -0.164. The summed E-state index contributed by atoms with van der Waals surface area (Å²) in [6.45, 7) is 2.78. The SMILES string of the molecule is CCCCNC(=O)C(C)N(Cc1ccccc1F)C(=O)CN(c1ccccc1F)S(=O)(=O)N(C)C. The van der Waals surface area contributed by atoms with Crippen LogP contribution in [0.2, 0.25) is 0 Å². The fraction of sp³-hybridized carbons (Fsp3) is 0.417. The number of unbranched alkanes of at least 4 members (excludes halogenated alkanes) is 1. The third-order valence-electron chi connectivity index (χ3n) is 5.44. The van der Waals surface area contributed by atoms with Gasteiger partial charge in [0.1, 0.15) is 24.2 Å². The van der Waals surface area contributed by atoms with E-state index in [2.05, 4.69) is 5.32 Å². The molecule has 0 spiro atoms. The Morgan fingerprint density at radius 2 is 1.60 bits per heavy atom. The maximum Gasteiger partial charge on any atom is 0.304 e. The largest absolute Gasteiger partial charge is 0.354 e. The number of benzene rings is 2. The monoisotopic (exact) mass is 510 g/mol. The molecule has 0 heterocycles. The highest BCUT2D eigenvalue weighted by Crippen LogP contribution is 2.24. The van der Waals surface area contributed by atoms with Crippen molar-refractivity contribution in [3.63, 3.8) is 0 Å². The number of nitrogens with one attached hydrogen (secondary N) is 1. The van der Waals surface area contributed by atoms with Gasteiger partial charge in [0.05, 0.1) is 5.69 Å². The van der Waals surface area contributed by atoms with Gasteiger partial charge in [0, 0.05) is 32.7 Å². The van der Waals surface area contributed by atoms with Gasteiger partial charge in [-0.1, -0.05) is 43.7 Å². The van der Waals surface area contributed by atoms with Gasteiger partial charge in [-0.15, -0.1) is 0 Å². The number of amides is 2. The predicted molar refractivity (Wildman–Crippen MR) is 131 cm³/mol. The van der Waals surface area contributed by atoms with Crippen LogP contribution in [0.5, 0.6) is 0 Å². The van der Waals surface area contributed by atoms with Crippen molar-refractivity contribution in [1.82, 2.24) is 14.5 Å². The van der Waals surface area contributed by atoms with Crippen LogP contribution in [0.1, 0.15) is 32.3 Å².